The number of rotatable bonds is 43. The zero-order chi connectivity index (χ0) is 45.0. The second-order valence-corrected chi connectivity index (χ2v) is 18.9. The van der Waals surface area contributed by atoms with Crippen molar-refractivity contribution in [3.8, 4) is 0 Å². The molecule has 1 amide bonds. The maximum absolute atomic E-state index is 12.9. The van der Waals surface area contributed by atoms with E-state index in [1.165, 1.54) is 70.6 Å². The average molecular weight is 874 g/mol. The van der Waals surface area contributed by atoms with E-state index < -0.39 is 20.0 Å². The molecule has 0 rings (SSSR count). The predicted molar refractivity (Wildman–Crippen MR) is 263 cm³/mol. The number of unbranched alkanes of at least 4 members (excludes halogenated alkanes) is 16. The third-order valence-corrected chi connectivity index (χ3v) is 11.4. The summed E-state index contributed by atoms with van der Waals surface area (Å²) in [5, 5.41) is 13.9. The highest BCUT2D eigenvalue weighted by molar-refractivity contribution is 7.47. The Balaban J connectivity index is 4.09. The van der Waals surface area contributed by atoms with Gasteiger partial charge in [-0.3, -0.25) is 13.8 Å². The van der Waals surface area contributed by atoms with Crippen molar-refractivity contribution in [2.24, 2.45) is 0 Å². The van der Waals surface area contributed by atoms with Gasteiger partial charge in [0, 0.05) is 6.42 Å². The summed E-state index contributed by atoms with van der Waals surface area (Å²) in [6, 6.07) is -0.766. The molecule has 61 heavy (non-hydrogen) atoms. The van der Waals surface area contributed by atoms with Crippen LogP contribution in [0, 0.1) is 0 Å². The third-order valence-electron chi connectivity index (χ3n) is 10.4. The topological polar surface area (TPSA) is 105 Å². The summed E-state index contributed by atoms with van der Waals surface area (Å²) in [6.07, 6.45) is 59.2. The van der Waals surface area contributed by atoms with E-state index in [9.17, 15) is 19.4 Å². The Morgan fingerprint density at radius 2 is 0.984 bits per heavy atom. The van der Waals surface area contributed by atoms with E-state index in [1.54, 1.807) is 0 Å². The Hall–Kier alpha value is -2.32. The Morgan fingerprint density at radius 1 is 0.574 bits per heavy atom. The van der Waals surface area contributed by atoms with E-state index in [0.29, 0.717) is 23.9 Å². The molecule has 3 atom stereocenters. The molecule has 352 valence electrons. The van der Waals surface area contributed by atoms with Gasteiger partial charge in [-0.25, -0.2) is 4.57 Å². The van der Waals surface area contributed by atoms with Gasteiger partial charge in [0.15, 0.2) is 0 Å². The van der Waals surface area contributed by atoms with Crippen LogP contribution >= 0.6 is 7.82 Å². The van der Waals surface area contributed by atoms with E-state index in [0.717, 1.165) is 89.9 Å². The SMILES string of the molecule is CC/C=C\C/C=C\C/C=C\C/C=C\C/C=C\C/C=C\C/C=C\CCCCCCCCCCCC(=O)NC(COP(=O)(O)OCC[N+](C)(C)C)C(O)CCCCCCCCCC. The number of nitrogens with one attached hydrogen (secondary N) is 1. The zero-order valence-corrected chi connectivity index (χ0v) is 40.8. The van der Waals surface area contributed by atoms with E-state index in [4.69, 9.17) is 9.05 Å². The number of phosphoric ester groups is 1. The van der Waals surface area contributed by atoms with Crippen LogP contribution in [-0.4, -0.2) is 73.4 Å². The van der Waals surface area contributed by atoms with E-state index >= 15 is 0 Å². The molecule has 0 spiro atoms. The molecule has 0 aromatic carbocycles. The number of amides is 1. The average Bonchev–Trinajstić information content (AvgIpc) is 3.21. The molecule has 0 aliphatic rings. The highest BCUT2D eigenvalue weighted by Gasteiger charge is 2.28. The van der Waals surface area contributed by atoms with Crippen molar-refractivity contribution in [2.75, 3.05) is 40.9 Å². The minimum Gasteiger partial charge on any atom is -0.391 e. The quantitative estimate of drug-likeness (QED) is 0.0244. The molecule has 0 aromatic heterocycles. The fourth-order valence-corrected chi connectivity index (χ4v) is 7.29. The number of aliphatic hydroxyl groups excluding tert-OH is 1. The third kappa shape index (κ3) is 45.5. The number of allylic oxidation sites excluding steroid dienone is 14. The van der Waals surface area contributed by atoms with Gasteiger partial charge in [0.1, 0.15) is 13.2 Å². The molecule has 0 radical (unpaired) electrons. The van der Waals surface area contributed by atoms with Crippen LogP contribution in [0.4, 0.5) is 0 Å². The molecular formula is C52H94N2O6P+. The van der Waals surface area contributed by atoms with Crippen molar-refractivity contribution in [3.63, 3.8) is 0 Å². The smallest absolute Gasteiger partial charge is 0.391 e. The van der Waals surface area contributed by atoms with Gasteiger partial charge in [0.2, 0.25) is 5.91 Å². The summed E-state index contributed by atoms with van der Waals surface area (Å²) in [5.41, 5.74) is 0. The molecule has 0 fully saturated rings. The van der Waals surface area contributed by atoms with Gasteiger partial charge in [0.25, 0.3) is 0 Å². The van der Waals surface area contributed by atoms with Gasteiger partial charge in [-0.2, -0.15) is 0 Å². The van der Waals surface area contributed by atoms with E-state index in [1.807, 2.05) is 21.1 Å². The van der Waals surface area contributed by atoms with Crippen LogP contribution in [0.15, 0.2) is 85.1 Å². The molecule has 9 heteroatoms. The summed E-state index contributed by atoms with van der Waals surface area (Å²) in [6.45, 7) is 4.71. The van der Waals surface area contributed by atoms with Crippen LogP contribution in [0.2, 0.25) is 0 Å². The van der Waals surface area contributed by atoms with Gasteiger partial charge in [0.05, 0.1) is 39.9 Å². The largest absolute Gasteiger partial charge is 0.472 e. The van der Waals surface area contributed by atoms with E-state index in [-0.39, 0.29) is 19.1 Å². The normalized spacial score (nSPS) is 14.9. The highest BCUT2D eigenvalue weighted by atomic mass is 31.2. The van der Waals surface area contributed by atoms with Crippen LogP contribution in [-0.2, 0) is 18.4 Å². The molecule has 0 saturated carbocycles. The zero-order valence-electron chi connectivity index (χ0n) is 39.9. The minimum absolute atomic E-state index is 0.0690. The lowest BCUT2D eigenvalue weighted by Crippen LogP contribution is -2.46. The van der Waals surface area contributed by atoms with Crippen LogP contribution in [0.25, 0.3) is 0 Å². The Morgan fingerprint density at radius 3 is 1.44 bits per heavy atom. The summed E-state index contributed by atoms with van der Waals surface area (Å²) < 4.78 is 23.6. The van der Waals surface area contributed by atoms with Crippen LogP contribution in [0.3, 0.4) is 0 Å². The van der Waals surface area contributed by atoms with Gasteiger partial charge >= 0.3 is 7.82 Å². The molecular weight excluding hydrogens is 780 g/mol. The molecule has 0 saturated heterocycles. The molecule has 0 heterocycles. The first-order valence-corrected chi connectivity index (χ1v) is 25.9. The van der Waals surface area contributed by atoms with Crippen LogP contribution in [0.5, 0.6) is 0 Å². The lowest BCUT2D eigenvalue weighted by molar-refractivity contribution is -0.870. The fourth-order valence-electron chi connectivity index (χ4n) is 6.55. The number of nitrogens with zero attached hydrogens (tertiary/aromatic N) is 1. The first kappa shape index (κ1) is 58.7. The van der Waals surface area contributed by atoms with Gasteiger partial charge in [-0.05, 0) is 70.6 Å². The Bertz CT molecular complexity index is 1260. The number of hydrogen-bond acceptors (Lipinski definition) is 5. The van der Waals surface area contributed by atoms with Crippen molar-refractivity contribution in [2.45, 2.75) is 199 Å². The minimum atomic E-state index is -4.31. The molecule has 3 unspecified atom stereocenters. The van der Waals surface area contributed by atoms with Crippen molar-refractivity contribution >= 4 is 13.7 Å². The number of phosphoric acid groups is 1. The van der Waals surface area contributed by atoms with Crippen molar-refractivity contribution in [1.29, 1.82) is 0 Å². The number of aliphatic hydroxyl groups is 1. The highest BCUT2D eigenvalue weighted by Crippen LogP contribution is 2.43. The first-order valence-electron chi connectivity index (χ1n) is 24.5. The maximum atomic E-state index is 12.9. The van der Waals surface area contributed by atoms with Crippen molar-refractivity contribution in [3.05, 3.63) is 85.1 Å². The Labute approximate surface area is 376 Å². The molecule has 3 N–H and O–H groups in total. The molecule has 0 aliphatic heterocycles. The van der Waals surface area contributed by atoms with Crippen LogP contribution < -0.4 is 5.32 Å². The number of hydrogen-bond donors (Lipinski definition) is 3. The summed E-state index contributed by atoms with van der Waals surface area (Å²) in [5.74, 6) is -0.159. The lowest BCUT2D eigenvalue weighted by atomic mass is 10.0. The van der Waals surface area contributed by atoms with Gasteiger partial charge in [-0.1, -0.05) is 195 Å². The maximum Gasteiger partial charge on any atom is 0.472 e. The number of carbonyl (C=O) groups is 1. The number of quaternary nitrogens is 1. The second-order valence-electron chi connectivity index (χ2n) is 17.5. The van der Waals surface area contributed by atoms with Crippen molar-refractivity contribution in [1.82, 2.24) is 5.32 Å². The standard InChI is InChI=1S/C52H93N2O6P/c1-6-8-10-12-14-16-17-18-19-20-21-22-23-24-25-26-27-28-29-30-31-32-33-34-35-36-37-38-40-42-44-46-52(56)53-50(49-60-61(57,58)59-48-47-54(3,4)5)51(55)45-43-41-39-15-13-11-9-7-2/h8,10,14,16,18-19,21-22,24-25,27-28,30-31,50-51,55H,6-7,9,11-13,15,17,20,23,26,29,32-49H2,1-5H3,(H-,53,56,57,58)/p+1/b10-8-,16-14-,19-18-,22-21-,25-24-,28-27-,31-30-. The molecule has 8 nitrogen and oxygen atoms in total. The number of carbonyl (C=O) groups excluding carboxylic acids is 1. The fraction of sp³-hybridized carbons (Fsp3) is 0.712. The summed E-state index contributed by atoms with van der Waals surface area (Å²) >= 11 is 0. The van der Waals surface area contributed by atoms with Gasteiger partial charge < -0.3 is 19.8 Å². The summed E-state index contributed by atoms with van der Waals surface area (Å²) in [7, 11) is 1.60. The van der Waals surface area contributed by atoms with Crippen molar-refractivity contribution < 1.29 is 32.9 Å². The molecule has 0 aliphatic carbocycles. The number of likely N-dealkylation sites (N-methyl/N-ethyl adjacent to an activating group) is 1. The van der Waals surface area contributed by atoms with Crippen LogP contribution in [0.1, 0.15) is 187 Å². The van der Waals surface area contributed by atoms with Gasteiger partial charge in [-0.15, -0.1) is 0 Å². The molecule has 0 bridgehead atoms. The molecule has 0 aromatic rings. The first-order chi connectivity index (χ1) is 29.5. The lowest BCUT2D eigenvalue weighted by Gasteiger charge is -2.26. The van der Waals surface area contributed by atoms with E-state index in [2.05, 4.69) is 104 Å². The second kappa shape index (κ2) is 43.0. The monoisotopic (exact) mass is 874 g/mol. The Kier molecular flexibility index (Phi) is 41.3. The predicted octanol–water partition coefficient (Wildman–Crippen LogP) is 14.1. The summed E-state index contributed by atoms with van der Waals surface area (Å²) in [4.78, 5) is 23.1.